The van der Waals surface area contributed by atoms with Gasteiger partial charge in [-0.05, 0) is 54.9 Å². The van der Waals surface area contributed by atoms with Gasteiger partial charge in [0.15, 0.2) is 0 Å². The minimum atomic E-state index is 0.0408. The SMILES string of the molecule is Cc1cc(C(C)(C)C)cc(C)c1C(N)CC(C)N. The van der Waals surface area contributed by atoms with Crippen LogP contribution in [0.25, 0.3) is 0 Å². The summed E-state index contributed by atoms with van der Waals surface area (Å²) in [4.78, 5) is 0. The second-order valence-corrected chi connectivity index (χ2v) is 6.59. The lowest BCUT2D eigenvalue weighted by molar-refractivity contribution is 0.560. The van der Waals surface area contributed by atoms with E-state index < -0.39 is 0 Å². The van der Waals surface area contributed by atoms with Gasteiger partial charge < -0.3 is 11.5 Å². The maximum Gasteiger partial charge on any atom is 0.0314 e. The molecule has 0 aromatic heterocycles. The summed E-state index contributed by atoms with van der Waals surface area (Å²) >= 11 is 0. The predicted molar refractivity (Wildman–Crippen MR) is 79.8 cm³/mol. The summed E-state index contributed by atoms with van der Waals surface area (Å²) in [7, 11) is 0. The van der Waals surface area contributed by atoms with Gasteiger partial charge in [0.25, 0.3) is 0 Å². The van der Waals surface area contributed by atoms with E-state index in [1.165, 1.54) is 22.3 Å². The molecule has 18 heavy (non-hydrogen) atoms. The summed E-state index contributed by atoms with van der Waals surface area (Å²) in [6.07, 6.45) is 0.830. The maximum atomic E-state index is 6.28. The normalized spacial score (nSPS) is 15.6. The van der Waals surface area contributed by atoms with Crippen LogP contribution in [-0.4, -0.2) is 6.04 Å². The third-order valence-corrected chi connectivity index (χ3v) is 3.46. The fourth-order valence-corrected chi connectivity index (χ4v) is 2.51. The largest absolute Gasteiger partial charge is 0.328 e. The Morgan fingerprint density at radius 1 is 1.06 bits per heavy atom. The van der Waals surface area contributed by atoms with Crippen LogP contribution in [-0.2, 0) is 5.41 Å². The Balaban J connectivity index is 3.17. The van der Waals surface area contributed by atoms with E-state index in [0.29, 0.717) is 0 Å². The molecule has 0 radical (unpaired) electrons. The molecule has 2 unspecified atom stereocenters. The van der Waals surface area contributed by atoms with Crippen LogP contribution < -0.4 is 11.5 Å². The summed E-state index contributed by atoms with van der Waals surface area (Å²) in [5, 5.41) is 0. The molecule has 0 fully saturated rings. The lowest BCUT2D eigenvalue weighted by Crippen LogP contribution is -2.24. The van der Waals surface area contributed by atoms with E-state index in [-0.39, 0.29) is 17.5 Å². The number of benzene rings is 1. The number of rotatable bonds is 3. The molecular formula is C16H28N2. The Morgan fingerprint density at radius 3 is 1.83 bits per heavy atom. The Hall–Kier alpha value is -0.860. The first-order valence-electron chi connectivity index (χ1n) is 6.75. The predicted octanol–water partition coefficient (Wildman–Crippen LogP) is 3.34. The lowest BCUT2D eigenvalue weighted by Gasteiger charge is -2.25. The van der Waals surface area contributed by atoms with E-state index in [1.54, 1.807) is 0 Å². The van der Waals surface area contributed by atoms with Crippen molar-refractivity contribution in [3.63, 3.8) is 0 Å². The lowest BCUT2D eigenvalue weighted by atomic mass is 9.82. The van der Waals surface area contributed by atoms with Crippen molar-refractivity contribution in [1.82, 2.24) is 0 Å². The third kappa shape index (κ3) is 3.56. The highest BCUT2D eigenvalue weighted by Crippen LogP contribution is 2.30. The van der Waals surface area contributed by atoms with Gasteiger partial charge in [-0.3, -0.25) is 0 Å². The van der Waals surface area contributed by atoms with Gasteiger partial charge in [0.2, 0.25) is 0 Å². The Kier molecular flexibility index (Phi) is 4.57. The first-order valence-corrected chi connectivity index (χ1v) is 6.75. The molecule has 0 aliphatic heterocycles. The van der Waals surface area contributed by atoms with E-state index in [1.807, 2.05) is 6.92 Å². The molecule has 0 aliphatic rings. The van der Waals surface area contributed by atoms with E-state index >= 15 is 0 Å². The summed E-state index contributed by atoms with van der Waals surface area (Å²) in [6, 6.07) is 4.72. The quantitative estimate of drug-likeness (QED) is 0.862. The maximum absolute atomic E-state index is 6.28. The molecule has 102 valence electrons. The second-order valence-electron chi connectivity index (χ2n) is 6.59. The van der Waals surface area contributed by atoms with Crippen molar-refractivity contribution in [3.8, 4) is 0 Å². The zero-order valence-corrected chi connectivity index (χ0v) is 12.7. The average molecular weight is 248 g/mol. The Labute approximate surface area is 112 Å². The molecule has 0 bridgehead atoms. The molecule has 2 nitrogen and oxygen atoms in total. The highest BCUT2D eigenvalue weighted by Gasteiger charge is 2.19. The van der Waals surface area contributed by atoms with Gasteiger partial charge in [-0.15, -0.1) is 0 Å². The second kappa shape index (κ2) is 5.41. The molecule has 0 heterocycles. The summed E-state index contributed by atoms with van der Waals surface area (Å²) in [6.45, 7) is 13.0. The van der Waals surface area contributed by atoms with Crippen molar-refractivity contribution >= 4 is 0 Å². The monoisotopic (exact) mass is 248 g/mol. The molecule has 2 atom stereocenters. The van der Waals surface area contributed by atoms with Crippen molar-refractivity contribution in [2.24, 2.45) is 11.5 Å². The third-order valence-electron chi connectivity index (χ3n) is 3.46. The van der Waals surface area contributed by atoms with Gasteiger partial charge in [0.05, 0.1) is 0 Å². The van der Waals surface area contributed by atoms with Gasteiger partial charge in [0, 0.05) is 12.1 Å². The molecule has 0 amide bonds. The number of hydrogen-bond acceptors (Lipinski definition) is 2. The first-order chi connectivity index (χ1) is 8.12. The van der Waals surface area contributed by atoms with Crippen LogP contribution >= 0.6 is 0 Å². The van der Waals surface area contributed by atoms with Gasteiger partial charge >= 0.3 is 0 Å². The summed E-state index contributed by atoms with van der Waals surface area (Å²) in [5.41, 5.74) is 17.5. The molecule has 1 aromatic rings. The molecular weight excluding hydrogens is 220 g/mol. The van der Waals surface area contributed by atoms with Gasteiger partial charge in [-0.25, -0.2) is 0 Å². The van der Waals surface area contributed by atoms with Crippen molar-refractivity contribution in [1.29, 1.82) is 0 Å². The van der Waals surface area contributed by atoms with Crippen molar-refractivity contribution < 1.29 is 0 Å². The summed E-state index contributed by atoms with van der Waals surface area (Å²) in [5.74, 6) is 0. The van der Waals surface area contributed by atoms with Crippen LogP contribution in [0.3, 0.4) is 0 Å². The number of hydrogen-bond donors (Lipinski definition) is 2. The highest BCUT2D eigenvalue weighted by molar-refractivity contribution is 5.42. The van der Waals surface area contributed by atoms with E-state index in [0.717, 1.165) is 6.42 Å². The molecule has 0 aliphatic carbocycles. The van der Waals surface area contributed by atoms with Crippen molar-refractivity contribution in [3.05, 3.63) is 34.4 Å². The minimum Gasteiger partial charge on any atom is -0.328 e. The topological polar surface area (TPSA) is 52.0 Å². The van der Waals surface area contributed by atoms with Crippen LogP contribution in [0.1, 0.15) is 62.4 Å². The fourth-order valence-electron chi connectivity index (χ4n) is 2.51. The molecule has 0 saturated heterocycles. The highest BCUT2D eigenvalue weighted by atomic mass is 14.7. The minimum absolute atomic E-state index is 0.0408. The van der Waals surface area contributed by atoms with Gasteiger partial charge in [0.1, 0.15) is 0 Å². The Bertz CT molecular complexity index is 391. The van der Waals surface area contributed by atoms with E-state index in [9.17, 15) is 0 Å². The van der Waals surface area contributed by atoms with Crippen molar-refractivity contribution in [2.45, 2.75) is 65.5 Å². The average Bonchev–Trinajstić information content (AvgIpc) is 2.13. The molecule has 1 rings (SSSR count). The van der Waals surface area contributed by atoms with Crippen LogP contribution in [0.4, 0.5) is 0 Å². The van der Waals surface area contributed by atoms with Gasteiger partial charge in [-0.2, -0.15) is 0 Å². The fraction of sp³-hybridized carbons (Fsp3) is 0.625. The zero-order valence-electron chi connectivity index (χ0n) is 12.7. The Morgan fingerprint density at radius 2 is 1.50 bits per heavy atom. The molecule has 4 N–H and O–H groups in total. The molecule has 0 saturated carbocycles. The van der Waals surface area contributed by atoms with Gasteiger partial charge in [-0.1, -0.05) is 32.9 Å². The number of nitrogens with two attached hydrogens (primary N) is 2. The number of aryl methyl sites for hydroxylation is 2. The van der Waals surface area contributed by atoms with Crippen LogP contribution in [0.15, 0.2) is 12.1 Å². The van der Waals surface area contributed by atoms with E-state index in [2.05, 4.69) is 46.8 Å². The summed E-state index contributed by atoms with van der Waals surface area (Å²) < 4.78 is 0. The molecule has 0 spiro atoms. The van der Waals surface area contributed by atoms with Crippen molar-refractivity contribution in [2.75, 3.05) is 0 Å². The smallest absolute Gasteiger partial charge is 0.0314 e. The standard InChI is InChI=1S/C16H28N2/c1-10-7-13(16(4,5)6)8-11(2)15(10)14(18)9-12(3)17/h7-8,12,14H,9,17-18H2,1-6H3. The molecule has 2 heteroatoms. The van der Waals surface area contributed by atoms with E-state index in [4.69, 9.17) is 11.5 Å². The first kappa shape index (κ1) is 15.2. The van der Waals surface area contributed by atoms with Crippen LogP contribution in [0.2, 0.25) is 0 Å². The van der Waals surface area contributed by atoms with Crippen LogP contribution in [0.5, 0.6) is 0 Å². The zero-order chi connectivity index (χ0) is 14.1. The molecule has 1 aromatic carbocycles. The van der Waals surface area contributed by atoms with Crippen LogP contribution in [0, 0.1) is 13.8 Å².